The summed E-state index contributed by atoms with van der Waals surface area (Å²) in [6.07, 6.45) is 6.45. The van der Waals surface area contributed by atoms with Gasteiger partial charge in [0.1, 0.15) is 0 Å². The smallest absolute Gasteiger partial charge is 0.220 e. The molecule has 1 amide bonds. The molecule has 4 heteroatoms. The number of rotatable bonds is 5. The fourth-order valence-corrected chi connectivity index (χ4v) is 3.18. The second-order valence-corrected chi connectivity index (χ2v) is 7.13. The van der Waals surface area contributed by atoms with E-state index in [9.17, 15) is 4.79 Å². The Bertz CT molecular complexity index is 312. The van der Waals surface area contributed by atoms with Crippen LogP contribution in [-0.4, -0.2) is 44.0 Å². The number of nitrogens with two attached hydrogens (primary N) is 1. The van der Waals surface area contributed by atoms with Gasteiger partial charge in [-0.25, -0.2) is 0 Å². The fraction of sp³-hybridized carbons (Fsp3) is 0.933. The molecule has 4 nitrogen and oxygen atoms in total. The summed E-state index contributed by atoms with van der Waals surface area (Å²) in [6.45, 7) is 6.04. The van der Waals surface area contributed by atoms with Gasteiger partial charge in [-0.05, 0) is 63.2 Å². The van der Waals surface area contributed by atoms with Crippen LogP contribution in [0.25, 0.3) is 0 Å². The summed E-state index contributed by atoms with van der Waals surface area (Å²) in [4.78, 5) is 14.4. The molecule has 0 unspecified atom stereocenters. The highest BCUT2D eigenvalue weighted by Crippen LogP contribution is 2.42. The second kappa shape index (κ2) is 5.80. The van der Waals surface area contributed by atoms with Crippen LogP contribution in [0, 0.1) is 10.8 Å². The molecule has 1 heterocycles. The minimum atomic E-state index is 0.123. The number of likely N-dealkylation sites (tertiary alicyclic amines) is 1. The zero-order chi connectivity index (χ0) is 13.9. The number of hydrogen-bond acceptors (Lipinski definition) is 3. The average molecular weight is 267 g/mol. The molecule has 2 fully saturated rings. The number of hydrogen-bond donors (Lipinski definition) is 2. The molecule has 0 aromatic carbocycles. The molecule has 110 valence electrons. The van der Waals surface area contributed by atoms with E-state index in [1.807, 2.05) is 0 Å². The van der Waals surface area contributed by atoms with E-state index < -0.39 is 0 Å². The molecule has 0 aromatic rings. The molecule has 1 saturated carbocycles. The maximum absolute atomic E-state index is 12.1. The van der Waals surface area contributed by atoms with Crippen molar-refractivity contribution in [3.05, 3.63) is 0 Å². The van der Waals surface area contributed by atoms with Crippen LogP contribution in [0.2, 0.25) is 0 Å². The van der Waals surface area contributed by atoms with Crippen LogP contribution in [-0.2, 0) is 4.79 Å². The highest BCUT2D eigenvalue weighted by atomic mass is 16.1. The average Bonchev–Trinajstić information content (AvgIpc) is 2.36. The summed E-state index contributed by atoms with van der Waals surface area (Å²) >= 11 is 0. The molecule has 0 radical (unpaired) electrons. The maximum atomic E-state index is 12.1. The van der Waals surface area contributed by atoms with E-state index in [4.69, 9.17) is 5.73 Å². The molecule has 2 rings (SSSR count). The predicted molar refractivity (Wildman–Crippen MR) is 77.8 cm³/mol. The van der Waals surface area contributed by atoms with Crippen molar-refractivity contribution in [2.24, 2.45) is 16.6 Å². The SMILES string of the molecule is CN1CCC(C)(CNC(=O)CC2(CN)CCC2)CC1. The van der Waals surface area contributed by atoms with E-state index in [0.29, 0.717) is 13.0 Å². The molecule has 0 atom stereocenters. The molecule has 3 N–H and O–H groups in total. The third kappa shape index (κ3) is 3.69. The molecule has 1 aliphatic carbocycles. The first-order valence-electron chi connectivity index (χ1n) is 7.62. The molecule has 0 spiro atoms. The Balaban J connectivity index is 1.74. The zero-order valence-electron chi connectivity index (χ0n) is 12.5. The van der Waals surface area contributed by atoms with Crippen LogP contribution in [0.3, 0.4) is 0 Å². The van der Waals surface area contributed by atoms with Crippen molar-refractivity contribution in [3.63, 3.8) is 0 Å². The van der Waals surface area contributed by atoms with Gasteiger partial charge in [0.05, 0.1) is 0 Å². The molecule has 2 aliphatic rings. The molecule has 19 heavy (non-hydrogen) atoms. The molecule has 0 aromatic heterocycles. The Kier molecular flexibility index (Phi) is 4.51. The van der Waals surface area contributed by atoms with Crippen molar-refractivity contribution in [1.82, 2.24) is 10.2 Å². The summed E-state index contributed by atoms with van der Waals surface area (Å²) in [7, 11) is 2.17. The van der Waals surface area contributed by atoms with Crippen molar-refractivity contribution < 1.29 is 4.79 Å². The summed E-state index contributed by atoms with van der Waals surface area (Å²) in [5.41, 5.74) is 6.21. The quantitative estimate of drug-likeness (QED) is 0.790. The van der Waals surface area contributed by atoms with Gasteiger partial charge in [-0.3, -0.25) is 4.79 Å². The van der Waals surface area contributed by atoms with E-state index >= 15 is 0 Å². The van der Waals surface area contributed by atoms with Crippen molar-refractivity contribution in [2.75, 3.05) is 33.2 Å². The number of nitrogens with zero attached hydrogens (tertiary/aromatic N) is 1. The number of carbonyl (C=O) groups is 1. The van der Waals surface area contributed by atoms with Gasteiger partial charge in [-0.1, -0.05) is 13.3 Å². The predicted octanol–water partition coefficient (Wildman–Crippen LogP) is 1.35. The highest BCUT2D eigenvalue weighted by Gasteiger charge is 2.38. The monoisotopic (exact) mass is 267 g/mol. The minimum absolute atomic E-state index is 0.123. The van der Waals surface area contributed by atoms with Crippen LogP contribution in [0.5, 0.6) is 0 Å². The molecule has 0 bridgehead atoms. The van der Waals surface area contributed by atoms with Gasteiger partial charge in [0.25, 0.3) is 0 Å². The number of carbonyl (C=O) groups excluding carboxylic acids is 1. The van der Waals surface area contributed by atoms with E-state index in [0.717, 1.165) is 32.5 Å². The number of piperidine rings is 1. The van der Waals surface area contributed by atoms with Crippen molar-refractivity contribution in [3.8, 4) is 0 Å². The topological polar surface area (TPSA) is 58.4 Å². The third-order valence-corrected chi connectivity index (χ3v) is 5.29. The van der Waals surface area contributed by atoms with E-state index in [1.54, 1.807) is 0 Å². The first-order chi connectivity index (χ1) is 8.97. The Morgan fingerprint density at radius 2 is 1.89 bits per heavy atom. The highest BCUT2D eigenvalue weighted by molar-refractivity contribution is 5.76. The van der Waals surface area contributed by atoms with E-state index in [-0.39, 0.29) is 16.7 Å². The second-order valence-electron chi connectivity index (χ2n) is 7.13. The molecule has 1 aliphatic heterocycles. The molecule has 1 saturated heterocycles. The normalized spacial score (nSPS) is 25.6. The minimum Gasteiger partial charge on any atom is -0.356 e. The van der Waals surface area contributed by atoms with Gasteiger partial charge in [0.15, 0.2) is 0 Å². The van der Waals surface area contributed by atoms with Crippen LogP contribution in [0.1, 0.15) is 45.4 Å². The Morgan fingerprint density at radius 1 is 1.26 bits per heavy atom. The Hall–Kier alpha value is -0.610. The molecular weight excluding hydrogens is 238 g/mol. The first-order valence-corrected chi connectivity index (χ1v) is 7.62. The van der Waals surface area contributed by atoms with Crippen LogP contribution in [0.15, 0.2) is 0 Å². The first kappa shape index (κ1) is 14.8. The summed E-state index contributed by atoms with van der Waals surface area (Å²) in [6, 6.07) is 0. The maximum Gasteiger partial charge on any atom is 0.220 e. The van der Waals surface area contributed by atoms with Crippen LogP contribution in [0.4, 0.5) is 0 Å². The Labute approximate surface area is 117 Å². The van der Waals surface area contributed by atoms with E-state index in [2.05, 4.69) is 24.2 Å². The molecular formula is C15H29N3O. The lowest BCUT2D eigenvalue weighted by molar-refractivity contribution is -0.125. The van der Waals surface area contributed by atoms with Crippen LogP contribution >= 0.6 is 0 Å². The van der Waals surface area contributed by atoms with Crippen molar-refractivity contribution in [2.45, 2.75) is 45.4 Å². The zero-order valence-corrected chi connectivity index (χ0v) is 12.5. The van der Waals surface area contributed by atoms with Gasteiger partial charge >= 0.3 is 0 Å². The Morgan fingerprint density at radius 3 is 2.37 bits per heavy atom. The van der Waals surface area contributed by atoms with Gasteiger partial charge < -0.3 is 16.0 Å². The van der Waals surface area contributed by atoms with Gasteiger partial charge in [0.2, 0.25) is 5.91 Å². The summed E-state index contributed by atoms with van der Waals surface area (Å²) < 4.78 is 0. The lowest BCUT2D eigenvalue weighted by Crippen LogP contribution is -2.46. The van der Waals surface area contributed by atoms with Crippen molar-refractivity contribution >= 4 is 5.91 Å². The third-order valence-electron chi connectivity index (χ3n) is 5.29. The number of nitrogens with one attached hydrogen (secondary N) is 1. The van der Waals surface area contributed by atoms with Gasteiger partial charge in [-0.15, -0.1) is 0 Å². The van der Waals surface area contributed by atoms with Gasteiger partial charge in [0, 0.05) is 13.0 Å². The lowest BCUT2D eigenvalue weighted by atomic mass is 9.66. The largest absolute Gasteiger partial charge is 0.356 e. The van der Waals surface area contributed by atoms with Crippen molar-refractivity contribution in [1.29, 1.82) is 0 Å². The standard InChI is InChI=1S/C15H29N3O/c1-14(6-8-18(2)9-7-14)12-17-13(19)10-15(11-16)4-3-5-15/h3-12,16H2,1-2H3,(H,17,19). The van der Waals surface area contributed by atoms with Crippen LogP contribution < -0.4 is 11.1 Å². The summed E-state index contributed by atoms with van der Waals surface area (Å²) in [5.74, 6) is 0.199. The summed E-state index contributed by atoms with van der Waals surface area (Å²) in [5, 5.41) is 3.15. The lowest BCUT2D eigenvalue weighted by Gasteiger charge is -2.41. The van der Waals surface area contributed by atoms with E-state index in [1.165, 1.54) is 19.3 Å². The fourth-order valence-electron chi connectivity index (χ4n) is 3.18. The van der Waals surface area contributed by atoms with Gasteiger partial charge in [-0.2, -0.15) is 0 Å². The number of amides is 1.